The van der Waals surface area contributed by atoms with Gasteiger partial charge in [0.25, 0.3) is 5.56 Å². The van der Waals surface area contributed by atoms with Crippen LogP contribution >= 0.6 is 0 Å². The van der Waals surface area contributed by atoms with Crippen molar-refractivity contribution in [3.05, 3.63) is 64.1 Å². The molecule has 3 N–H and O–H groups in total. The monoisotopic (exact) mass is 283 g/mol. The number of hydrogen-bond acceptors (Lipinski definition) is 3. The third kappa shape index (κ3) is 2.72. The lowest BCUT2D eigenvalue weighted by Gasteiger charge is -2.16. The molecule has 0 fully saturated rings. The fourth-order valence-corrected chi connectivity index (χ4v) is 3.04. The lowest BCUT2D eigenvalue weighted by Crippen LogP contribution is -2.19. The minimum absolute atomic E-state index is 0.0472. The number of pyridine rings is 1. The molecular weight excluding hydrogens is 262 g/mol. The second-order valence-corrected chi connectivity index (χ2v) is 5.62. The van der Waals surface area contributed by atoms with Crippen LogP contribution in [0.4, 0.5) is 5.69 Å². The summed E-state index contributed by atoms with van der Waals surface area (Å²) >= 11 is 0. The fourth-order valence-electron chi connectivity index (χ4n) is 3.04. The standard InChI is InChI=1S/C17H21N3O/c1-2-9-20-11-12(7-8-17(20)21)19-16-10-15(18)13-5-3-4-6-14(13)16/h3-8,11,15-16,19H,2,9-10,18H2,1H3. The molecule has 2 aromatic rings. The van der Waals surface area contributed by atoms with E-state index in [0.717, 1.165) is 25.1 Å². The molecule has 0 bridgehead atoms. The predicted molar refractivity (Wildman–Crippen MR) is 85.3 cm³/mol. The quantitative estimate of drug-likeness (QED) is 0.907. The molecule has 0 saturated carbocycles. The van der Waals surface area contributed by atoms with Gasteiger partial charge in [0.15, 0.2) is 0 Å². The third-order valence-corrected chi connectivity index (χ3v) is 4.05. The van der Waals surface area contributed by atoms with E-state index in [-0.39, 0.29) is 17.6 Å². The van der Waals surface area contributed by atoms with Gasteiger partial charge in [-0.1, -0.05) is 31.2 Å². The number of anilines is 1. The van der Waals surface area contributed by atoms with Crippen molar-refractivity contribution < 1.29 is 0 Å². The normalized spacial score (nSPS) is 20.3. The molecule has 0 saturated heterocycles. The summed E-state index contributed by atoms with van der Waals surface area (Å²) in [6, 6.07) is 12.1. The maximum Gasteiger partial charge on any atom is 0.250 e. The van der Waals surface area contributed by atoms with Crippen molar-refractivity contribution in [3.63, 3.8) is 0 Å². The van der Waals surface area contributed by atoms with Gasteiger partial charge in [-0.15, -0.1) is 0 Å². The maximum atomic E-state index is 11.8. The number of nitrogens with zero attached hydrogens (tertiary/aromatic N) is 1. The smallest absolute Gasteiger partial charge is 0.250 e. The molecule has 1 aromatic carbocycles. The van der Waals surface area contributed by atoms with Crippen molar-refractivity contribution in [2.75, 3.05) is 5.32 Å². The number of nitrogens with two attached hydrogens (primary N) is 1. The van der Waals surface area contributed by atoms with E-state index < -0.39 is 0 Å². The number of aryl methyl sites for hydroxylation is 1. The van der Waals surface area contributed by atoms with Crippen LogP contribution in [0.1, 0.15) is 43.0 Å². The lowest BCUT2D eigenvalue weighted by molar-refractivity contribution is 0.639. The van der Waals surface area contributed by atoms with Crippen molar-refractivity contribution in [2.24, 2.45) is 5.73 Å². The molecule has 0 radical (unpaired) electrons. The summed E-state index contributed by atoms with van der Waals surface area (Å²) in [6.45, 7) is 2.81. The molecule has 0 amide bonds. The molecule has 1 heterocycles. The van der Waals surface area contributed by atoms with Crippen LogP contribution < -0.4 is 16.6 Å². The van der Waals surface area contributed by atoms with Gasteiger partial charge in [0.2, 0.25) is 0 Å². The van der Waals surface area contributed by atoms with E-state index in [1.165, 1.54) is 11.1 Å². The third-order valence-electron chi connectivity index (χ3n) is 4.05. The first-order valence-corrected chi connectivity index (χ1v) is 7.50. The van der Waals surface area contributed by atoms with Gasteiger partial charge in [-0.2, -0.15) is 0 Å². The number of nitrogens with one attached hydrogen (secondary N) is 1. The molecule has 0 spiro atoms. The van der Waals surface area contributed by atoms with E-state index in [1.54, 1.807) is 10.6 Å². The van der Waals surface area contributed by atoms with Gasteiger partial charge in [-0.05, 0) is 30.0 Å². The Hall–Kier alpha value is -2.07. The second-order valence-electron chi connectivity index (χ2n) is 5.62. The topological polar surface area (TPSA) is 60.1 Å². The Balaban J connectivity index is 1.85. The number of fused-ring (bicyclic) bond motifs is 1. The van der Waals surface area contributed by atoms with Gasteiger partial charge in [0.1, 0.15) is 0 Å². The zero-order valence-electron chi connectivity index (χ0n) is 12.3. The van der Waals surface area contributed by atoms with Crippen LogP contribution in [0.25, 0.3) is 0 Å². The Labute approximate surface area is 124 Å². The number of aromatic nitrogens is 1. The summed E-state index contributed by atoms with van der Waals surface area (Å²) in [7, 11) is 0. The summed E-state index contributed by atoms with van der Waals surface area (Å²) in [5.74, 6) is 0. The highest BCUT2D eigenvalue weighted by Gasteiger charge is 2.27. The van der Waals surface area contributed by atoms with Gasteiger partial charge in [-0.3, -0.25) is 4.79 Å². The first-order valence-electron chi connectivity index (χ1n) is 7.50. The van der Waals surface area contributed by atoms with E-state index in [9.17, 15) is 4.79 Å². The van der Waals surface area contributed by atoms with Crippen molar-refractivity contribution in [1.82, 2.24) is 4.57 Å². The van der Waals surface area contributed by atoms with Gasteiger partial charge < -0.3 is 15.6 Å². The molecule has 1 aliphatic carbocycles. The molecule has 4 heteroatoms. The van der Waals surface area contributed by atoms with Crippen molar-refractivity contribution in [1.29, 1.82) is 0 Å². The Kier molecular flexibility index (Phi) is 3.80. The van der Waals surface area contributed by atoms with E-state index >= 15 is 0 Å². The van der Waals surface area contributed by atoms with E-state index in [1.807, 2.05) is 24.4 Å². The molecule has 2 unspecified atom stereocenters. The zero-order chi connectivity index (χ0) is 14.8. The first-order chi connectivity index (χ1) is 10.2. The van der Waals surface area contributed by atoms with Crippen LogP contribution in [0.3, 0.4) is 0 Å². The van der Waals surface area contributed by atoms with Crippen molar-refractivity contribution in [2.45, 2.75) is 38.4 Å². The average Bonchev–Trinajstić information content (AvgIpc) is 2.80. The summed E-state index contributed by atoms with van der Waals surface area (Å²) in [4.78, 5) is 11.8. The molecule has 1 aromatic heterocycles. The van der Waals surface area contributed by atoms with Crippen LogP contribution in [0, 0.1) is 0 Å². The summed E-state index contributed by atoms with van der Waals surface area (Å²) in [5.41, 5.74) is 9.70. The maximum absolute atomic E-state index is 11.8. The number of rotatable bonds is 4. The molecule has 110 valence electrons. The molecule has 4 nitrogen and oxygen atoms in total. The highest BCUT2D eigenvalue weighted by Crippen LogP contribution is 2.38. The highest BCUT2D eigenvalue weighted by molar-refractivity contribution is 5.47. The SMILES string of the molecule is CCCn1cc(NC2CC(N)c3ccccc32)ccc1=O. The van der Waals surface area contributed by atoms with Crippen LogP contribution in [0.2, 0.25) is 0 Å². The Bertz CT molecular complexity index is 692. The Morgan fingerprint density at radius 2 is 2.00 bits per heavy atom. The van der Waals surface area contributed by atoms with Crippen LogP contribution in [0.5, 0.6) is 0 Å². The highest BCUT2D eigenvalue weighted by atomic mass is 16.1. The van der Waals surface area contributed by atoms with Gasteiger partial charge in [-0.25, -0.2) is 0 Å². The molecule has 3 rings (SSSR count). The fraction of sp³-hybridized carbons (Fsp3) is 0.353. The van der Waals surface area contributed by atoms with Gasteiger partial charge in [0, 0.05) is 24.8 Å². The predicted octanol–water partition coefficient (Wildman–Crippen LogP) is 2.82. The number of benzene rings is 1. The molecule has 0 aliphatic heterocycles. The molecular formula is C17H21N3O. The van der Waals surface area contributed by atoms with Gasteiger partial charge >= 0.3 is 0 Å². The van der Waals surface area contributed by atoms with Crippen molar-refractivity contribution in [3.8, 4) is 0 Å². The van der Waals surface area contributed by atoms with E-state index in [0.29, 0.717) is 0 Å². The van der Waals surface area contributed by atoms with E-state index in [4.69, 9.17) is 5.73 Å². The minimum Gasteiger partial charge on any atom is -0.377 e. The first kappa shape index (κ1) is 13.9. The Morgan fingerprint density at radius 3 is 2.76 bits per heavy atom. The van der Waals surface area contributed by atoms with Crippen LogP contribution in [-0.4, -0.2) is 4.57 Å². The van der Waals surface area contributed by atoms with Crippen LogP contribution in [0.15, 0.2) is 47.4 Å². The molecule has 21 heavy (non-hydrogen) atoms. The van der Waals surface area contributed by atoms with E-state index in [2.05, 4.69) is 24.4 Å². The summed E-state index contributed by atoms with van der Waals surface area (Å²) in [5, 5.41) is 3.51. The van der Waals surface area contributed by atoms with Crippen molar-refractivity contribution >= 4 is 5.69 Å². The zero-order valence-corrected chi connectivity index (χ0v) is 12.3. The summed E-state index contributed by atoms with van der Waals surface area (Å²) < 4.78 is 1.75. The number of hydrogen-bond donors (Lipinski definition) is 2. The largest absolute Gasteiger partial charge is 0.377 e. The van der Waals surface area contributed by atoms with Gasteiger partial charge in [0.05, 0.1) is 11.7 Å². The average molecular weight is 283 g/mol. The Morgan fingerprint density at radius 1 is 1.24 bits per heavy atom. The second kappa shape index (κ2) is 5.74. The molecule has 1 aliphatic rings. The van der Waals surface area contributed by atoms with Crippen LogP contribution in [-0.2, 0) is 6.54 Å². The summed E-state index contributed by atoms with van der Waals surface area (Å²) in [6.07, 6.45) is 3.73. The molecule has 2 atom stereocenters. The lowest BCUT2D eigenvalue weighted by atomic mass is 10.1. The minimum atomic E-state index is 0.0472.